The standard InChI is InChI=1S/C19H15N3O2/c1-2-4-13-9-14(6-5-12(13)3-1)16-11-17(16)19-20-18(22-24-19)10-15-7-8-23-21-15/h1-9,16-17H,10-11H2. The van der Waals surface area contributed by atoms with Gasteiger partial charge in [0, 0.05) is 12.0 Å². The lowest BCUT2D eigenvalue weighted by Crippen LogP contribution is -1.91. The van der Waals surface area contributed by atoms with Crippen molar-refractivity contribution in [3.05, 3.63) is 77.8 Å². The first-order valence-corrected chi connectivity index (χ1v) is 8.07. The normalized spacial score (nSPS) is 19.7. The minimum Gasteiger partial charge on any atom is -0.364 e. The molecule has 0 spiro atoms. The number of rotatable bonds is 4. The van der Waals surface area contributed by atoms with E-state index in [2.05, 4.69) is 57.8 Å². The lowest BCUT2D eigenvalue weighted by Gasteiger charge is -2.02. The molecule has 0 bridgehead atoms. The maximum absolute atomic E-state index is 5.46. The van der Waals surface area contributed by atoms with Gasteiger partial charge in [0.25, 0.3) is 0 Å². The average Bonchev–Trinajstić information content (AvgIpc) is 3.02. The van der Waals surface area contributed by atoms with Gasteiger partial charge in [0.1, 0.15) is 6.26 Å². The largest absolute Gasteiger partial charge is 0.364 e. The Kier molecular flexibility index (Phi) is 2.98. The summed E-state index contributed by atoms with van der Waals surface area (Å²) < 4.78 is 10.3. The van der Waals surface area contributed by atoms with E-state index >= 15 is 0 Å². The summed E-state index contributed by atoms with van der Waals surface area (Å²) in [5.74, 6) is 2.18. The van der Waals surface area contributed by atoms with Gasteiger partial charge in [0.05, 0.1) is 12.1 Å². The summed E-state index contributed by atoms with van der Waals surface area (Å²) in [7, 11) is 0. The van der Waals surface area contributed by atoms with Crippen molar-refractivity contribution in [3.63, 3.8) is 0 Å². The van der Waals surface area contributed by atoms with Gasteiger partial charge >= 0.3 is 0 Å². The van der Waals surface area contributed by atoms with Crippen molar-refractivity contribution in [2.75, 3.05) is 0 Å². The van der Waals surface area contributed by atoms with Gasteiger partial charge in [-0.25, -0.2) is 0 Å². The van der Waals surface area contributed by atoms with Crippen LogP contribution in [0, 0.1) is 0 Å². The summed E-state index contributed by atoms with van der Waals surface area (Å²) in [6.45, 7) is 0. The first-order valence-electron chi connectivity index (χ1n) is 8.07. The van der Waals surface area contributed by atoms with Gasteiger partial charge in [-0.15, -0.1) is 0 Å². The van der Waals surface area contributed by atoms with Crippen LogP contribution < -0.4 is 0 Å². The van der Waals surface area contributed by atoms with Gasteiger partial charge in [-0.2, -0.15) is 4.98 Å². The summed E-state index contributed by atoms with van der Waals surface area (Å²) >= 11 is 0. The van der Waals surface area contributed by atoms with Crippen molar-refractivity contribution in [3.8, 4) is 0 Å². The highest BCUT2D eigenvalue weighted by molar-refractivity contribution is 5.83. The van der Waals surface area contributed by atoms with Crippen LogP contribution in [0.1, 0.15) is 41.2 Å². The van der Waals surface area contributed by atoms with E-state index in [4.69, 9.17) is 9.05 Å². The van der Waals surface area contributed by atoms with E-state index in [0.717, 1.165) is 18.0 Å². The molecule has 4 aromatic rings. The molecule has 24 heavy (non-hydrogen) atoms. The zero-order valence-electron chi connectivity index (χ0n) is 12.9. The van der Waals surface area contributed by atoms with E-state index in [0.29, 0.717) is 24.1 Å². The van der Waals surface area contributed by atoms with Crippen LogP contribution in [0.3, 0.4) is 0 Å². The molecule has 0 saturated heterocycles. The maximum Gasteiger partial charge on any atom is 0.230 e. The molecule has 5 rings (SSSR count). The first-order chi connectivity index (χ1) is 11.9. The zero-order valence-corrected chi connectivity index (χ0v) is 12.9. The smallest absolute Gasteiger partial charge is 0.230 e. The topological polar surface area (TPSA) is 65.0 Å². The van der Waals surface area contributed by atoms with Crippen LogP contribution >= 0.6 is 0 Å². The summed E-state index contributed by atoms with van der Waals surface area (Å²) in [5.41, 5.74) is 2.15. The maximum atomic E-state index is 5.46. The first kappa shape index (κ1) is 13.5. The van der Waals surface area contributed by atoms with Gasteiger partial charge in [-0.05, 0) is 28.7 Å². The molecule has 0 N–H and O–H groups in total. The molecule has 1 saturated carbocycles. The van der Waals surface area contributed by atoms with Crippen molar-refractivity contribution in [1.82, 2.24) is 15.3 Å². The van der Waals surface area contributed by atoms with Crippen molar-refractivity contribution in [2.24, 2.45) is 0 Å². The fourth-order valence-corrected chi connectivity index (χ4v) is 3.26. The second-order valence-corrected chi connectivity index (χ2v) is 6.27. The third kappa shape index (κ3) is 2.38. The molecule has 1 aliphatic rings. The molecule has 118 valence electrons. The molecule has 2 heterocycles. The summed E-state index contributed by atoms with van der Waals surface area (Å²) in [6, 6.07) is 16.9. The third-order valence-corrected chi connectivity index (χ3v) is 4.62. The highest BCUT2D eigenvalue weighted by Crippen LogP contribution is 2.54. The van der Waals surface area contributed by atoms with Gasteiger partial charge in [-0.3, -0.25) is 0 Å². The van der Waals surface area contributed by atoms with E-state index < -0.39 is 0 Å². The van der Waals surface area contributed by atoms with Crippen LogP contribution in [0.2, 0.25) is 0 Å². The predicted molar refractivity (Wildman–Crippen MR) is 87.7 cm³/mol. The van der Waals surface area contributed by atoms with Crippen LogP contribution in [-0.4, -0.2) is 15.3 Å². The van der Waals surface area contributed by atoms with Gasteiger partial charge in [0.2, 0.25) is 5.89 Å². The average molecular weight is 317 g/mol. The Morgan fingerprint density at radius 3 is 2.75 bits per heavy atom. The molecule has 0 aliphatic heterocycles. The molecule has 2 atom stereocenters. The Hall–Kier alpha value is -2.95. The Labute approximate surface area is 138 Å². The fraction of sp³-hybridized carbons (Fsp3) is 0.211. The van der Waals surface area contributed by atoms with E-state index in [-0.39, 0.29) is 0 Å². The molecule has 0 radical (unpaired) electrons. The predicted octanol–water partition coefficient (Wildman–Crippen LogP) is 4.07. The summed E-state index contributed by atoms with van der Waals surface area (Å²) in [6.07, 6.45) is 3.14. The molecular weight excluding hydrogens is 302 g/mol. The van der Waals surface area contributed by atoms with Crippen molar-refractivity contribution in [1.29, 1.82) is 0 Å². The number of hydrogen-bond acceptors (Lipinski definition) is 5. The van der Waals surface area contributed by atoms with Crippen molar-refractivity contribution in [2.45, 2.75) is 24.7 Å². The number of aromatic nitrogens is 3. The molecule has 5 heteroatoms. The molecule has 2 aromatic carbocycles. The number of hydrogen-bond donors (Lipinski definition) is 0. The van der Waals surface area contributed by atoms with Crippen LogP contribution in [0.15, 0.2) is 63.8 Å². The van der Waals surface area contributed by atoms with Crippen LogP contribution in [0.25, 0.3) is 10.8 Å². The molecule has 5 nitrogen and oxygen atoms in total. The Balaban J connectivity index is 1.35. The van der Waals surface area contributed by atoms with Gasteiger partial charge in [-0.1, -0.05) is 52.8 Å². The summed E-state index contributed by atoms with van der Waals surface area (Å²) in [4.78, 5) is 4.53. The van der Waals surface area contributed by atoms with E-state index in [1.807, 2.05) is 6.07 Å². The quantitative estimate of drug-likeness (QED) is 0.567. The Bertz CT molecular complexity index is 991. The molecule has 1 fully saturated rings. The molecule has 2 unspecified atom stereocenters. The van der Waals surface area contributed by atoms with Crippen LogP contribution in [0.4, 0.5) is 0 Å². The molecule has 1 aliphatic carbocycles. The molecular formula is C19H15N3O2. The van der Waals surface area contributed by atoms with Crippen LogP contribution in [-0.2, 0) is 6.42 Å². The third-order valence-electron chi connectivity index (χ3n) is 4.62. The molecule has 0 amide bonds. The van der Waals surface area contributed by atoms with E-state index in [1.165, 1.54) is 16.3 Å². The SMILES string of the molecule is c1ccc2cc(C3CC3c3nc(Cc4ccon4)no3)ccc2c1. The second-order valence-electron chi connectivity index (χ2n) is 6.27. The minimum atomic E-state index is 0.324. The Morgan fingerprint density at radius 1 is 0.958 bits per heavy atom. The zero-order chi connectivity index (χ0) is 15.9. The van der Waals surface area contributed by atoms with Crippen molar-refractivity contribution >= 4 is 10.8 Å². The number of benzene rings is 2. The molecule has 2 aromatic heterocycles. The lowest BCUT2D eigenvalue weighted by molar-refractivity contribution is 0.372. The Morgan fingerprint density at radius 2 is 1.88 bits per heavy atom. The van der Waals surface area contributed by atoms with Crippen LogP contribution in [0.5, 0.6) is 0 Å². The highest BCUT2D eigenvalue weighted by Gasteiger charge is 2.43. The van der Waals surface area contributed by atoms with E-state index in [9.17, 15) is 0 Å². The van der Waals surface area contributed by atoms with Gasteiger partial charge < -0.3 is 9.05 Å². The minimum absolute atomic E-state index is 0.324. The fourth-order valence-electron chi connectivity index (χ4n) is 3.26. The summed E-state index contributed by atoms with van der Waals surface area (Å²) in [5, 5.41) is 10.5. The highest BCUT2D eigenvalue weighted by atomic mass is 16.5. The van der Waals surface area contributed by atoms with Gasteiger partial charge in [0.15, 0.2) is 5.82 Å². The van der Waals surface area contributed by atoms with Crippen molar-refractivity contribution < 1.29 is 9.05 Å². The number of fused-ring (bicyclic) bond motifs is 1. The second kappa shape index (κ2) is 5.30. The monoisotopic (exact) mass is 317 g/mol. The number of nitrogens with zero attached hydrogens (tertiary/aromatic N) is 3. The lowest BCUT2D eigenvalue weighted by atomic mass is 10.0. The van der Waals surface area contributed by atoms with E-state index in [1.54, 1.807) is 6.26 Å².